The van der Waals surface area contributed by atoms with Crippen molar-refractivity contribution < 1.29 is 19.1 Å². The third-order valence-corrected chi connectivity index (χ3v) is 7.56. The van der Waals surface area contributed by atoms with Crippen LogP contribution in [0.3, 0.4) is 0 Å². The van der Waals surface area contributed by atoms with Crippen LogP contribution in [0.4, 0.5) is 0 Å². The Hall–Kier alpha value is -4.97. The van der Waals surface area contributed by atoms with Crippen molar-refractivity contribution in [2.24, 2.45) is 0 Å². The molecule has 218 valence electrons. The molecule has 0 atom stereocenters. The number of nitrogens with zero attached hydrogens (tertiary/aromatic N) is 1. The van der Waals surface area contributed by atoms with E-state index in [-0.39, 0.29) is 24.2 Å². The second-order valence-electron chi connectivity index (χ2n) is 11.7. The van der Waals surface area contributed by atoms with E-state index in [0.717, 1.165) is 38.9 Å². The van der Waals surface area contributed by atoms with Gasteiger partial charge in [0, 0.05) is 34.3 Å². The topological polar surface area (TPSA) is 77.4 Å². The molecule has 1 aromatic heterocycles. The maximum Gasteiger partial charge on any atom is 0.339 e. The second-order valence-corrected chi connectivity index (χ2v) is 11.7. The molecule has 1 N–H and O–H groups in total. The lowest BCUT2D eigenvalue weighted by Crippen LogP contribution is -2.29. The van der Waals surface area contributed by atoms with Gasteiger partial charge >= 0.3 is 5.97 Å². The normalized spacial score (nSPS) is 11.4. The molecular weight excluding hydrogens is 536 g/mol. The average molecular weight is 573 g/mol. The maximum atomic E-state index is 12.9. The van der Waals surface area contributed by atoms with Crippen molar-refractivity contribution >= 4 is 28.6 Å². The molecule has 6 heteroatoms. The number of Topliss-reactive ketones (excluding diaryl/α,β-unsaturated/α-hetero) is 1. The molecule has 0 bridgehead atoms. The predicted molar refractivity (Wildman–Crippen MR) is 171 cm³/mol. The lowest BCUT2D eigenvalue weighted by molar-refractivity contribution is 0.00702. The molecule has 5 aromatic rings. The molecule has 0 aliphatic heterocycles. The standard InChI is InChI=1S/C37H36N2O4/c1-24-25(2)39(33-20-19-29(21-32(24)33)35(41)38-22-34(40)28-11-7-6-8-12-28)23-26-15-17-27(18-16-26)30-13-9-10-14-31(30)36(42)43-37(3,4)5/h6-21H,22-23H2,1-5H3,(H,38,41). The number of fused-ring (bicyclic) bond motifs is 1. The molecule has 1 amide bonds. The molecule has 0 saturated carbocycles. The highest BCUT2D eigenvalue weighted by Crippen LogP contribution is 2.29. The molecule has 1 heterocycles. The number of carbonyl (C=O) groups is 3. The van der Waals surface area contributed by atoms with Crippen LogP contribution in [0.2, 0.25) is 0 Å². The summed E-state index contributed by atoms with van der Waals surface area (Å²) in [5, 5.41) is 3.76. The molecule has 0 fully saturated rings. The van der Waals surface area contributed by atoms with Gasteiger partial charge in [0.2, 0.25) is 0 Å². The number of ether oxygens (including phenoxy) is 1. The number of carbonyl (C=O) groups excluding carboxylic acids is 3. The Morgan fingerprint density at radius 2 is 1.47 bits per heavy atom. The molecule has 0 unspecified atom stereocenters. The van der Waals surface area contributed by atoms with Crippen molar-refractivity contribution in [3.8, 4) is 11.1 Å². The lowest BCUT2D eigenvalue weighted by Gasteiger charge is -2.20. The summed E-state index contributed by atoms with van der Waals surface area (Å²) in [6.45, 7) is 10.3. The van der Waals surface area contributed by atoms with Crippen LogP contribution >= 0.6 is 0 Å². The number of hydrogen-bond donors (Lipinski definition) is 1. The van der Waals surface area contributed by atoms with Gasteiger partial charge in [0.25, 0.3) is 5.91 Å². The van der Waals surface area contributed by atoms with E-state index in [4.69, 9.17) is 4.74 Å². The summed E-state index contributed by atoms with van der Waals surface area (Å²) < 4.78 is 7.87. The van der Waals surface area contributed by atoms with Crippen LogP contribution < -0.4 is 5.32 Å². The molecule has 5 rings (SSSR count). The second kappa shape index (κ2) is 12.1. The fourth-order valence-corrected chi connectivity index (χ4v) is 5.20. The Kier molecular flexibility index (Phi) is 8.31. The minimum Gasteiger partial charge on any atom is -0.456 e. The number of ketones is 1. The molecule has 43 heavy (non-hydrogen) atoms. The minimum atomic E-state index is -0.574. The first-order chi connectivity index (χ1) is 20.5. The van der Waals surface area contributed by atoms with Gasteiger partial charge in [0.15, 0.2) is 5.78 Å². The Bertz CT molecular complexity index is 1810. The Morgan fingerprint density at radius 1 is 0.791 bits per heavy atom. The van der Waals surface area contributed by atoms with Crippen LogP contribution in [-0.4, -0.2) is 34.4 Å². The van der Waals surface area contributed by atoms with Gasteiger partial charge in [0.05, 0.1) is 12.1 Å². The van der Waals surface area contributed by atoms with Crippen LogP contribution in [0.25, 0.3) is 22.0 Å². The molecule has 0 aliphatic rings. The van der Waals surface area contributed by atoms with Crippen LogP contribution in [0.1, 0.15) is 68.7 Å². The molecule has 0 saturated heterocycles. The fourth-order valence-electron chi connectivity index (χ4n) is 5.20. The Morgan fingerprint density at radius 3 is 2.16 bits per heavy atom. The van der Waals surface area contributed by atoms with Gasteiger partial charge in [-0.25, -0.2) is 4.79 Å². The first kappa shape index (κ1) is 29.5. The number of rotatable bonds is 8. The molecule has 6 nitrogen and oxygen atoms in total. The van der Waals surface area contributed by atoms with Crippen molar-refractivity contribution in [2.45, 2.75) is 46.8 Å². The Labute approximate surface area is 252 Å². The Balaban J connectivity index is 1.34. The number of nitrogens with one attached hydrogen (secondary N) is 1. The van der Waals surface area contributed by atoms with Gasteiger partial charge in [-0.1, -0.05) is 72.8 Å². The third kappa shape index (κ3) is 6.59. The van der Waals surface area contributed by atoms with Gasteiger partial charge in [-0.2, -0.15) is 0 Å². The summed E-state index contributed by atoms with van der Waals surface area (Å²) in [7, 11) is 0. The maximum absolute atomic E-state index is 12.9. The van der Waals surface area contributed by atoms with E-state index >= 15 is 0 Å². The van der Waals surface area contributed by atoms with Crippen LogP contribution in [0, 0.1) is 13.8 Å². The molecule has 0 spiro atoms. The van der Waals surface area contributed by atoms with Crippen LogP contribution in [-0.2, 0) is 11.3 Å². The predicted octanol–water partition coefficient (Wildman–Crippen LogP) is 7.54. The van der Waals surface area contributed by atoms with Crippen molar-refractivity contribution in [3.05, 3.63) is 131 Å². The van der Waals surface area contributed by atoms with E-state index in [2.05, 4.69) is 35.9 Å². The van der Waals surface area contributed by atoms with Crippen LogP contribution in [0.5, 0.6) is 0 Å². The van der Waals surface area contributed by atoms with E-state index in [0.29, 0.717) is 23.2 Å². The minimum absolute atomic E-state index is 0.0574. The molecule has 0 radical (unpaired) electrons. The highest BCUT2D eigenvalue weighted by Gasteiger charge is 2.21. The van der Waals surface area contributed by atoms with Gasteiger partial charge in [-0.05, 0) is 81.1 Å². The summed E-state index contributed by atoms with van der Waals surface area (Å²) in [5.41, 5.74) is 7.19. The zero-order valence-corrected chi connectivity index (χ0v) is 25.2. The van der Waals surface area contributed by atoms with Gasteiger partial charge in [0.1, 0.15) is 5.60 Å². The molecule has 0 aliphatic carbocycles. The van der Waals surface area contributed by atoms with Gasteiger partial charge in [-0.15, -0.1) is 0 Å². The lowest BCUT2D eigenvalue weighted by atomic mass is 9.98. The van der Waals surface area contributed by atoms with Gasteiger partial charge < -0.3 is 14.6 Å². The fraction of sp³-hybridized carbons (Fsp3) is 0.216. The van der Waals surface area contributed by atoms with Crippen LogP contribution in [0.15, 0.2) is 97.1 Å². The average Bonchev–Trinajstić information content (AvgIpc) is 3.23. The quantitative estimate of drug-likeness (QED) is 0.154. The number of hydrogen-bond acceptors (Lipinski definition) is 4. The first-order valence-corrected chi connectivity index (χ1v) is 14.4. The smallest absolute Gasteiger partial charge is 0.339 e. The van der Waals surface area contributed by atoms with Crippen molar-refractivity contribution in [3.63, 3.8) is 0 Å². The summed E-state index contributed by atoms with van der Waals surface area (Å²) >= 11 is 0. The summed E-state index contributed by atoms with van der Waals surface area (Å²) in [6, 6.07) is 30.3. The van der Waals surface area contributed by atoms with Crippen molar-refractivity contribution in [2.75, 3.05) is 6.54 Å². The largest absolute Gasteiger partial charge is 0.456 e. The monoisotopic (exact) mass is 572 g/mol. The number of aromatic nitrogens is 1. The van der Waals surface area contributed by atoms with E-state index < -0.39 is 5.60 Å². The van der Waals surface area contributed by atoms with E-state index in [1.54, 1.807) is 36.4 Å². The van der Waals surface area contributed by atoms with Gasteiger partial charge in [-0.3, -0.25) is 9.59 Å². The summed E-state index contributed by atoms with van der Waals surface area (Å²) in [5.74, 6) is -0.751. The molecular formula is C37H36N2O4. The highest BCUT2D eigenvalue weighted by atomic mass is 16.6. The number of aryl methyl sites for hydroxylation is 1. The zero-order valence-electron chi connectivity index (χ0n) is 25.2. The molecule has 4 aromatic carbocycles. The first-order valence-electron chi connectivity index (χ1n) is 14.4. The van der Waals surface area contributed by atoms with E-state index in [9.17, 15) is 14.4 Å². The summed E-state index contributed by atoms with van der Waals surface area (Å²) in [6.07, 6.45) is 0. The van der Waals surface area contributed by atoms with Crippen molar-refractivity contribution in [1.82, 2.24) is 9.88 Å². The number of benzene rings is 4. The zero-order chi connectivity index (χ0) is 30.7. The highest BCUT2D eigenvalue weighted by molar-refractivity contribution is 6.03. The summed E-state index contributed by atoms with van der Waals surface area (Å²) in [4.78, 5) is 38.2. The van der Waals surface area contributed by atoms with E-state index in [1.165, 1.54) is 0 Å². The van der Waals surface area contributed by atoms with E-state index in [1.807, 2.05) is 69.3 Å². The number of amides is 1. The number of esters is 1. The SMILES string of the molecule is Cc1c(C)n(Cc2ccc(-c3ccccc3C(=O)OC(C)(C)C)cc2)c2ccc(C(=O)NCC(=O)c3ccccc3)cc12. The van der Waals surface area contributed by atoms with Crippen molar-refractivity contribution in [1.29, 1.82) is 0 Å². The third-order valence-electron chi connectivity index (χ3n) is 7.56.